The van der Waals surface area contributed by atoms with Crippen molar-refractivity contribution in [3.8, 4) is 0 Å². The fourth-order valence-electron chi connectivity index (χ4n) is 4.75. The van der Waals surface area contributed by atoms with Gasteiger partial charge in [0.25, 0.3) is 0 Å². The van der Waals surface area contributed by atoms with E-state index in [2.05, 4.69) is 64.2 Å². The van der Waals surface area contributed by atoms with E-state index in [0.29, 0.717) is 17.4 Å². The first-order chi connectivity index (χ1) is 17.1. The molecule has 196 valence electrons. The summed E-state index contributed by atoms with van der Waals surface area (Å²) in [4.78, 5) is 16.1. The van der Waals surface area contributed by atoms with Crippen LogP contribution in [0.2, 0.25) is 0 Å². The second-order valence-electron chi connectivity index (χ2n) is 10.4. The minimum Gasteiger partial charge on any atom is -0.473 e. The number of ether oxygens (including phenoxy) is 2. The Kier molecular flexibility index (Phi) is 9.53. The molecule has 0 bridgehead atoms. The molecule has 8 heteroatoms. The number of pyridine rings is 1. The summed E-state index contributed by atoms with van der Waals surface area (Å²) in [5.41, 5.74) is 4.63. The molecular weight excluding hydrogens is 520 g/mol. The number of nitrogens with one attached hydrogen (secondary N) is 3. The molecule has 1 aromatic carbocycles. The molecule has 2 fully saturated rings. The zero-order chi connectivity index (χ0) is 26.5. The van der Waals surface area contributed by atoms with Gasteiger partial charge in [0.05, 0.1) is 5.69 Å². The highest BCUT2D eigenvalue weighted by atomic mass is 79.9. The van der Waals surface area contributed by atoms with Crippen LogP contribution in [-0.4, -0.2) is 44.5 Å². The highest BCUT2D eigenvalue weighted by Gasteiger charge is 2.38. The predicted octanol–water partition coefficient (Wildman–Crippen LogP) is 6.81. The van der Waals surface area contributed by atoms with Crippen LogP contribution in [0.5, 0.6) is 0 Å². The van der Waals surface area contributed by atoms with Gasteiger partial charge in [0, 0.05) is 37.3 Å². The number of hydrogen-bond donors (Lipinski definition) is 3. The van der Waals surface area contributed by atoms with E-state index in [9.17, 15) is 4.79 Å². The molecule has 2 unspecified atom stereocenters. The van der Waals surface area contributed by atoms with Gasteiger partial charge in [0.2, 0.25) is 5.90 Å². The quantitative estimate of drug-likeness (QED) is 0.196. The smallest absolute Gasteiger partial charge is 0.234 e. The fraction of sp³-hybridized carbons (Fsp3) is 0.536. The Labute approximate surface area is 223 Å². The average Bonchev–Trinajstić information content (AvgIpc) is 3.66. The Morgan fingerprint density at radius 3 is 2.44 bits per heavy atom. The number of methoxy groups -OCH3 is 1. The first kappa shape index (κ1) is 28.1. The lowest BCUT2D eigenvalue weighted by atomic mass is 9.68. The van der Waals surface area contributed by atoms with Crippen molar-refractivity contribution in [3.63, 3.8) is 0 Å². The summed E-state index contributed by atoms with van der Waals surface area (Å²) >= 11 is 3.66. The van der Waals surface area contributed by atoms with Gasteiger partial charge in [-0.3, -0.25) is 5.41 Å². The van der Waals surface area contributed by atoms with Gasteiger partial charge in [-0.25, -0.2) is 4.98 Å². The number of rotatable bonds is 7. The van der Waals surface area contributed by atoms with E-state index in [1.807, 2.05) is 19.2 Å². The third-order valence-corrected chi connectivity index (χ3v) is 7.85. The summed E-state index contributed by atoms with van der Waals surface area (Å²) < 4.78 is 11.5. The van der Waals surface area contributed by atoms with E-state index in [-0.39, 0.29) is 23.3 Å². The number of aldehydes is 1. The van der Waals surface area contributed by atoms with Gasteiger partial charge in [-0.15, -0.1) is 0 Å². The first-order valence-electron chi connectivity index (χ1n) is 12.5. The van der Waals surface area contributed by atoms with Gasteiger partial charge >= 0.3 is 0 Å². The largest absolute Gasteiger partial charge is 0.473 e. The van der Waals surface area contributed by atoms with Crippen molar-refractivity contribution >= 4 is 45.3 Å². The van der Waals surface area contributed by atoms with E-state index in [0.717, 1.165) is 41.4 Å². The number of carbonyl (C=O) groups excluding carboxylic acids is 1. The van der Waals surface area contributed by atoms with Crippen LogP contribution in [0.15, 0.2) is 28.7 Å². The number of halogens is 1. The van der Waals surface area contributed by atoms with E-state index >= 15 is 0 Å². The number of benzene rings is 1. The number of nitrogens with zero attached hydrogens (tertiary/aromatic N) is 1. The lowest BCUT2D eigenvalue weighted by molar-refractivity contribution is -0.117. The fourth-order valence-corrected chi connectivity index (χ4v) is 5.11. The second-order valence-corrected chi connectivity index (χ2v) is 11.3. The van der Waals surface area contributed by atoms with Crippen LogP contribution < -0.4 is 10.6 Å². The molecule has 0 aliphatic heterocycles. The van der Waals surface area contributed by atoms with Gasteiger partial charge in [-0.05, 0) is 85.8 Å². The standard InChI is InChI=1S/C26H33BrN4O2.C2H6O/c1-15-11-22(19(12-20(15)27)16-5-6-16)30-23-10-9-21(29-4)24(31-23)25(28)33-18-8-7-17(14-32)26(2,3)13-18;1-3-2/h9-12,14,16-18,28-29H,5-8,13H2,1-4H3,(H,30,31);1-2H3. The van der Waals surface area contributed by atoms with Crippen LogP contribution in [0.25, 0.3) is 0 Å². The molecule has 36 heavy (non-hydrogen) atoms. The van der Waals surface area contributed by atoms with Crippen LogP contribution in [0.3, 0.4) is 0 Å². The van der Waals surface area contributed by atoms with Crippen molar-refractivity contribution < 1.29 is 14.3 Å². The summed E-state index contributed by atoms with van der Waals surface area (Å²) in [5.74, 6) is 1.38. The molecule has 7 nitrogen and oxygen atoms in total. The van der Waals surface area contributed by atoms with Gasteiger partial charge < -0.3 is 24.9 Å². The van der Waals surface area contributed by atoms with Gasteiger partial charge in [0.15, 0.2) is 0 Å². The van der Waals surface area contributed by atoms with Crippen LogP contribution in [0, 0.1) is 23.7 Å². The molecule has 2 aromatic rings. The van der Waals surface area contributed by atoms with E-state index in [1.165, 1.54) is 24.0 Å². The van der Waals surface area contributed by atoms with Crippen molar-refractivity contribution in [1.29, 1.82) is 5.41 Å². The highest BCUT2D eigenvalue weighted by molar-refractivity contribution is 9.10. The van der Waals surface area contributed by atoms with Crippen LogP contribution in [-0.2, 0) is 14.3 Å². The number of hydrogen-bond acceptors (Lipinski definition) is 7. The third-order valence-electron chi connectivity index (χ3n) is 7.00. The Bertz CT molecular complexity index is 1080. The van der Waals surface area contributed by atoms with E-state index in [4.69, 9.17) is 15.1 Å². The van der Waals surface area contributed by atoms with Gasteiger partial charge in [-0.2, -0.15) is 0 Å². The Morgan fingerprint density at radius 1 is 1.17 bits per heavy atom. The third kappa shape index (κ3) is 6.85. The molecule has 0 radical (unpaired) electrons. The van der Waals surface area contributed by atoms with Crippen molar-refractivity contribution in [3.05, 3.63) is 45.6 Å². The molecule has 0 spiro atoms. The lowest BCUT2D eigenvalue weighted by Gasteiger charge is -2.39. The predicted molar refractivity (Wildman–Crippen MR) is 150 cm³/mol. The van der Waals surface area contributed by atoms with E-state index < -0.39 is 0 Å². The molecule has 0 saturated heterocycles. The number of carbonyl (C=O) groups is 1. The second kappa shape index (κ2) is 12.2. The molecule has 2 atom stereocenters. The highest BCUT2D eigenvalue weighted by Crippen LogP contribution is 2.45. The summed E-state index contributed by atoms with van der Waals surface area (Å²) in [5, 5.41) is 15.3. The Balaban J connectivity index is 0.00000115. The van der Waals surface area contributed by atoms with Gasteiger partial charge in [0.1, 0.15) is 23.9 Å². The lowest BCUT2D eigenvalue weighted by Crippen LogP contribution is -2.37. The number of anilines is 3. The molecule has 2 saturated carbocycles. The molecule has 2 aliphatic rings. The Hall–Kier alpha value is -2.45. The SMILES string of the molecule is CNc1ccc(Nc2cc(C)c(Br)cc2C2CC2)nc1C(=N)OC1CCC(C=O)C(C)(C)C1.COC. The first-order valence-corrected chi connectivity index (χ1v) is 13.3. The molecule has 1 aromatic heterocycles. The molecular formula is C28H39BrN4O3. The summed E-state index contributed by atoms with van der Waals surface area (Å²) in [6.45, 7) is 6.29. The van der Waals surface area contributed by atoms with Crippen LogP contribution in [0.1, 0.15) is 68.7 Å². The minimum absolute atomic E-state index is 0.0417. The maximum absolute atomic E-state index is 11.4. The summed E-state index contributed by atoms with van der Waals surface area (Å²) in [7, 11) is 5.07. The summed E-state index contributed by atoms with van der Waals surface area (Å²) in [6.07, 6.45) is 5.69. The zero-order valence-corrected chi connectivity index (χ0v) is 23.8. The topological polar surface area (TPSA) is 96.3 Å². The number of aromatic nitrogens is 1. The maximum atomic E-state index is 11.4. The van der Waals surface area contributed by atoms with Crippen molar-refractivity contribution in [2.24, 2.45) is 11.3 Å². The monoisotopic (exact) mass is 558 g/mol. The molecule has 1 heterocycles. The van der Waals surface area contributed by atoms with Crippen molar-refractivity contribution in [2.45, 2.75) is 64.9 Å². The molecule has 0 amide bonds. The summed E-state index contributed by atoms with van der Waals surface area (Å²) in [6, 6.07) is 8.22. The van der Waals surface area contributed by atoms with Gasteiger partial charge in [-0.1, -0.05) is 29.8 Å². The minimum atomic E-state index is -0.133. The van der Waals surface area contributed by atoms with Crippen molar-refractivity contribution in [2.75, 3.05) is 31.9 Å². The van der Waals surface area contributed by atoms with E-state index in [1.54, 1.807) is 14.2 Å². The zero-order valence-electron chi connectivity index (χ0n) is 22.2. The Morgan fingerprint density at radius 2 is 1.86 bits per heavy atom. The average molecular weight is 560 g/mol. The molecule has 4 rings (SSSR count). The van der Waals surface area contributed by atoms with Crippen LogP contribution >= 0.6 is 15.9 Å². The normalized spacial score (nSPS) is 20.5. The molecule has 2 aliphatic carbocycles. The maximum Gasteiger partial charge on any atom is 0.234 e. The molecule has 3 N–H and O–H groups in total. The van der Waals surface area contributed by atoms with Crippen molar-refractivity contribution in [1.82, 2.24) is 4.98 Å². The van der Waals surface area contributed by atoms with Crippen LogP contribution in [0.4, 0.5) is 17.2 Å². The number of aryl methyl sites for hydroxylation is 1.